The van der Waals surface area contributed by atoms with E-state index in [0.717, 1.165) is 39.3 Å². The van der Waals surface area contributed by atoms with Gasteiger partial charge in [-0.15, -0.1) is 0 Å². The lowest BCUT2D eigenvalue weighted by atomic mass is 9.87. The number of hydrogen-bond acceptors (Lipinski definition) is 6. The van der Waals surface area contributed by atoms with Crippen LogP contribution in [0.1, 0.15) is 27.7 Å². The van der Waals surface area contributed by atoms with Crippen LogP contribution in [0.15, 0.2) is 48.5 Å². The molecule has 30 heavy (non-hydrogen) atoms. The van der Waals surface area contributed by atoms with Crippen LogP contribution in [0.2, 0.25) is 0 Å². The highest BCUT2D eigenvalue weighted by atomic mass is 15.4. The number of fused-ring (bicyclic) bond motifs is 2. The first kappa shape index (κ1) is 20.9. The number of para-hydroxylation sites is 4. The maximum absolute atomic E-state index is 3.79. The van der Waals surface area contributed by atoms with Crippen LogP contribution in [-0.2, 0) is 0 Å². The smallest absolute Gasteiger partial charge is 0.380 e. The number of nitrogens with one attached hydrogen (secondary N) is 2. The Labute approximate surface area is 182 Å². The Kier molecular flexibility index (Phi) is 6.44. The molecule has 0 amide bonds. The van der Waals surface area contributed by atoms with Crippen LogP contribution in [0.5, 0.6) is 0 Å². The normalized spacial score (nSPS) is 15.3. The molecule has 158 valence electrons. The fraction of sp³-hybridized carbons (Fsp3) is 0.455. The van der Waals surface area contributed by atoms with Gasteiger partial charge in [-0.05, 0) is 65.0 Å². The Bertz CT molecular complexity index is 718. The third kappa shape index (κ3) is 3.52. The van der Waals surface area contributed by atoms with E-state index in [1.807, 2.05) is 0 Å². The number of benzene rings is 2. The van der Waals surface area contributed by atoms with Crippen LogP contribution >= 0.6 is 0 Å². The predicted octanol–water partition coefficient (Wildman–Crippen LogP) is 2.87. The van der Waals surface area contributed by atoms with E-state index in [1.165, 1.54) is 22.7 Å². The van der Waals surface area contributed by atoms with Crippen molar-refractivity contribution in [1.29, 1.82) is 0 Å². The average molecular weight is 404 g/mol. The molecule has 4 rings (SSSR count). The molecule has 2 aliphatic heterocycles. The van der Waals surface area contributed by atoms with Crippen LogP contribution in [-0.4, -0.2) is 53.5 Å². The second-order valence-corrected chi connectivity index (χ2v) is 7.78. The first-order valence-corrected chi connectivity index (χ1v) is 11.5. The fourth-order valence-corrected chi connectivity index (χ4v) is 4.98. The van der Waals surface area contributed by atoms with Crippen molar-refractivity contribution < 1.29 is 0 Å². The molecular weight excluding hydrogens is 370 g/mol. The Hall–Kier alpha value is -2.31. The van der Waals surface area contributed by atoms with Gasteiger partial charge in [0.25, 0.3) is 0 Å². The molecule has 0 fully saturated rings. The van der Waals surface area contributed by atoms with Gasteiger partial charge in [0.15, 0.2) is 0 Å². The molecule has 0 saturated carbocycles. The van der Waals surface area contributed by atoms with E-state index in [9.17, 15) is 0 Å². The molecule has 2 N–H and O–H groups in total. The van der Waals surface area contributed by atoms with E-state index in [4.69, 9.17) is 0 Å². The summed E-state index contributed by atoms with van der Waals surface area (Å²) in [4.78, 5) is 9.84. The van der Waals surface area contributed by atoms with Gasteiger partial charge in [0.2, 0.25) is 0 Å². The minimum Gasteiger partial charge on any atom is -0.380 e. The summed E-state index contributed by atoms with van der Waals surface area (Å²) in [5.41, 5.74) is 5.31. The zero-order chi connectivity index (χ0) is 21.1. The summed E-state index contributed by atoms with van der Waals surface area (Å²) in [5.74, 6) is 0. The zero-order valence-corrected chi connectivity index (χ0v) is 18.8. The second-order valence-electron chi connectivity index (χ2n) is 7.78. The molecule has 0 radical (unpaired) electrons. The second kappa shape index (κ2) is 9.23. The first-order valence-electron chi connectivity index (χ1n) is 11.5. The van der Waals surface area contributed by atoms with Crippen molar-refractivity contribution >= 4 is 37.0 Å². The summed E-state index contributed by atoms with van der Waals surface area (Å²) >= 11 is 0. The maximum atomic E-state index is 3.79. The van der Waals surface area contributed by atoms with E-state index in [1.54, 1.807) is 0 Å². The standard InChI is InChI=1S/C22H34B2N6/c1-5-27-19-13-9-10-14-20(19)28(6-2)23(27)25-17-18-26-24-29(7-3)21-15-11-12-16-22(21)30(24)8-4/h9-16,25-26H,5-8,17-18H2,1-4H3. The zero-order valence-electron chi connectivity index (χ0n) is 18.8. The molecule has 0 spiro atoms. The van der Waals surface area contributed by atoms with Gasteiger partial charge in [-0.1, -0.05) is 24.3 Å². The Balaban J connectivity index is 1.39. The van der Waals surface area contributed by atoms with Crippen LogP contribution < -0.4 is 29.7 Å². The Morgan fingerprint density at radius 3 is 1.03 bits per heavy atom. The molecule has 2 aliphatic rings. The number of rotatable bonds is 9. The molecule has 0 bridgehead atoms. The van der Waals surface area contributed by atoms with Crippen LogP contribution in [0.25, 0.3) is 0 Å². The van der Waals surface area contributed by atoms with Gasteiger partial charge in [0.1, 0.15) is 0 Å². The molecule has 0 aromatic heterocycles. The molecule has 0 unspecified atom stereocenters. The SMILES string of the molecule is CCN1B(NCCNB2N(CC)c3ccccc3N2CC)N(CC)c2ccccc21. The van der Waals surface area contributed by atoms with E-state index < -0.39 is 0 Å². The van der Waals surface area contributed by atoms with Crippen molar-refractivity contribution in [2.24, 2.45) is 0 Å². The highest BCUT2D eigenvalue weighted by Gasteiger charge is 2.40. The fourth-order valence-electron chi connectivity index (χ4n) is 4.98. The molecule has 2 aromatic rings. The van der Waals surface area contributed by atoms with Crippen molar-refractivity contribution in [2.75, 3.05) is 58.5 Å². The Morgan fingerprint density at radius 2 is 0.800 bits per heavy atom. The quantitative estimate of drug-likeness (QED) is 0.495. The minimum absolute atomic E-state index is 0.213. The Morgan fingerprint density at radius 1 is 0.533 bits per heavy atom. The molecule has 0 aliphatic carbocycles. The van der Waals surface area contributed by atoms with Gasteiger partial charge in [0.05, 0.1) is 0 Å². The molecule has 0 atom stereocenters. The lowest BCUT2D eigenvalue weighted by molar-refractivity contribution is 0.797. The molecule has 2 aromatic carbocycles. The average Bonchev–Trinajstić information content (AvgIpc) is 3.27. The maximum Gasteiger partial charge on any atom is 0.468 e. The monoisotopic (exact) mass is 404 g/mol. The van der Waals surface area contributed by atoms with Gasteiger partial charge in [-0.25, -0.2) is 0 Å². The summed E-state index contributed by atoms with van der Waals surface area (Å²) in [5, 5.41) is 7.59. The summed E-state index contributed by atoms with van der Waals surface area (Å²) in [6.07, 6.45) is 0. The number of nitrogens with zero attached hydrogens (tertiary/aromatic N) is 4. The molecule has 8 heteroatoms. The molecule has 2 heterocycles. The van der Waals surface area contributed by atoms with Gasteiger partial charge >= 0.3 is 14.2 Å². The third-order valence-electron chi connectivity index (χ3n) is 6.32. The van der Waals surface area contributed by atoms with E-state index in [2.05, 4.69) is 106 Å². The van der Waals surface area contributed by atoms with Gasteiger partial charge in [-0.3, -0.25) is 0 Å². The topological polar surface area (TPSA) is 37.0 Å². The third-order valence-corrected chi connectivity index (χ3v) is 6.32. The van der Waals surface area contributed by atoms with Crippen molar-refractivity contribution in [1.82, 2.24) is 10.5 Å². The van der Waals surface area contributed by atoms with Crippen molar-refractivity contribution in [3.63, 3.8) is 0 Å². The molecule has 6 nitrogen and oxygen atoms in total. The van der Waals surface area contributed by atoms with Crippen molar-refractivity contribution in [3.05, 3.63) is 48.5 Å². The van der Waals surface area contributed by atoms with Gasteiger partial charge in [-0.2, -0.15) is 0 Å². The summed E-state index contributed by atoms with van der Waals surface area (Å²) in [6.45, 7) is 14.7. The van der Waals surface area contributed by atoms with Crippen LogP contribution in [0.4, 0.5) is 22.7 Å². The van der Waals surface area contributed by atoms with Crippen molar-refractivity contribution in [3.8, 4) is 0 Å². The van der Waals surface area contributed by atoms with E-state index in [-0.39, 0.29) is 14.2 Å². The van der Waals surface area contributed by atoms with Gasteiger partial charge in [0, 0.05) is 48.9 Å². The van der Waals surface area contributed by atoms with Crippen LogP contribution in [0.3, 0.4) is 0 Å². The van der Waals surface area contributed by atoms with E-state index >= 15 is 0 Å². The predicted molar refractivity (Wildman–Crippen MR) is 132 cm³/mol. The lowest BCUT2D eigenvalue weighted by Gasteiger charge is -2.30. The lowest BCUT2D eigenvalue weighted by Crippen LogP contribution is -2.62. The summed E-state index contributed by atoms with van der Waals surface area (Å²) in [6, 6.07) is 17.5. The van der Waals surface area contributed by atoms with E-state index in [0.29, 0.717) is 0 Å². The van der Waals surface area contributed by atoms with Gasteiger partial charge < -0.3 is 29.7 Å². The molecular formula is C22H34B2N6. The first-order chi connectivity index (χ1) is 14.7. The summed E-state index contributed by atoms with van der Waals surface area (Å²) in [7, 11) is 0.425. The number of anilines is 4. The largest absolute Gasteiger partial charge is 0.468 e. The minimum atomic E-state index is 0.213. The van der Waals surface area contributed by atoms with Crippen LogP contribution in [0, 0.1) is 0 Å². The molecule has 0 saturated heterocycles. The number of hydrogen-bond donors (Lipinski definition) is 2. The summed E-state index contributed by atoms with van der Waals surface area (Å²) < 4.78 is 0. The van der Waals surface area contributed by atoms with Crippen molar-refractivity contribution in [2.45, 2.75) is 27.7 Å². The highest BCUT2D eigenvalue weighted by Crippen LogP contribution is 2.37. The highest BCUT2D eigenvalue weighted by molar-refractivity contribution is 6.68.